The van der Waals surface area contributed by atoms with Crippen molar-refractivity contribution >= 4 is 11.9 Å². The summed E-state index contributed by atoms with van der Waals surface area (Å²) in [6.45, 7) is 3.51. The van der Waals surface area contributed by atoms with Gasteiger partial charge in [-0.2, -0.15) is 0 Å². The second-order valence-corrected chi connectivity index (χ2v) is 2.87. The fourth-order valence-electron chi connectivity index (χ4n) is 0.891. The Hall–Kier alpha value is -1.54. The third kappa shape index (κ3) is 4.48. The molecule has 4 N–H and O–H groups in total. The number of amides is 3. The van der Waals surface area contributed by atoms with Gasteiger partial charge in [0.05, 0.1) is 12.1 Å². The van der Waals surface area contributed by atoms with Crippen LogP contribution in [0.1, 0.15) is 20.3 Å². The van der Waals surface area contributed by atoms with Gasteiger partial charge in [-0.3, -0.25) is 15.4 Å². The minimum absolute atomic E-state index is 0.177. The lowest BCUT2D eigenvalue weighted by Crippen LogP contribution is -2.49. The van der Waals surface area contributed by atoms with E-state index >= 15 is 0 Å². The standard InChI is InChI=1S/C9H15N3O2/c1-4-7(5-2)11-6(3)8(13)12-9(10)14/h1,6-7,11H,5H2,2-3H3,(H3,10,12,13,14). The molecule has 0 spiro atoms. The molecule has 5 heteroatoms. The molecular formula is C9H15N3O2. The quantitative estimate of drug-likeness (QED) is 0.535. The molecule has 0 saturated heterocycles. The van der Waals surface area contributed by atoms with Crippen LogP contribution in [0.15, 0.2) is 0 Å². The van der Waals surface area contributed by atoms with Crippen LogP contribution in [0.4, 0.5) is 4.79 Å². The Morgan fingerprint density at radius 3 is 2.50 bits per heavy atom. The van der Waals surface area contributed by atoms with E-state index in [2.05, 4.69) is 11.2 Å². The van der Waals surface area contributed by atoms with Gasteiger partial charge < -0.3 is 5.73 Å². The van der Waals surface area contributed by atoms with Gasteiger partial charge in [0.1, 0.15) is 0 Å². The highest BCUT2D eigenvalue weighted by atomic mass is 16.2. The van der Waals surface area contributed by atoms with E-state index in [0.29, 0.717) is 6.42 Å². The molecule has 0 aliphatic carbocycles. The maximum Gasteiger partial charge on any atom is 0.318 e. The van der Waals surface area contributed by atoms with Crippen molar-refractivity contribution in [1.29, 1.82) is 0 Å². The molecule has 5 nitrogen and oxygen atoms in total. The molecule has 0 aliphatic heterocycles. The van der Waals surface area contributed by atoms with Crippen LogP contribution in [0.2, 0.25) is 0 Å². The lowest BCUT2D eigenvalue weighted by Gasteiger charge is -2.16. The Morgan fingerprint density at radius 1 is 1.57 bits per heavy atom. The fraction of sp³-hybridized carbons (Fsp3) is 0.556. The summed E-state index contributed by atoms with van der Waals surface area (Å²) in [7, 11) is 0. The highest BCUT2D eigenvalue weighted by molar-refractivity contribution is 5.96. The number of carbonyl (C=O) groups excluding carboxylic acids is 2. The van der Waals surface area contributed by atoms with Crippen molar-refractivity contribution < 1.29 is 9.59 Å². The van der Waals surface area contributed by atoms with Gasteiger partial charge in [0.2, 0.25) is 5.91 Å². The number of nitrogens with one attached hydrogen (secondary N) is 2. The molecule has 0 aromatic rings. The molecule has 0 saturated carbocycles. The molecule has 0 bridgehead atoms. The third-order valence-electron chi connectivity index (χ3n) is 1.70. The second-order valence-electron chi connectivity index (χ2n) is 2.87. The first-order valence-corrected chi connectivity index (χ1v) is 4.33. The zero-order chi connectivity index (χ0) is 11.1. The van der Waals surface area contributed by atoms with Crippen LogP contribution in [0, 0.1) is 12.3 Å². The van der Waals surface area contributed by atoms with Crippen molar-refractivity contribution in [3.8, 4) is 12.3 Å². The molecule has 2 atom stereocenters. The number of hydrogen-bond donors (Lipinski definition) is 3. The summed E-state index contributed by atoms with van der Waals surface area (Å²) in [6, 6.07) is -1.58. The van der Waals surface area contributed by atoms with E-state index in [-0.39, 0.29) is 6.04 Å². The molecule has 0 aliphatic rings. The van der Waals surface area contributed by atoms with E-state index in [0.717, 1.165) is 0 Å². The van der Waals surface area contributed by atoms with Crippen LogP contribution in [0.5, 0.6) is 0 Å². The molecule has 0 aromatic heterocycles. The smallest absolute Gasteiger partial charge is 0.318 e. The van der Waals surface area contributed by atoms with Crippen molar-refractivity contribution in [2.24, 2.45) is 5.73 Å². The van der Waals surface area contributed by atoms with E-state index in [9.17, 15) is 9.59 Å². The van der Waals surface area contributed by atoms with Crippen LogP contribution in [0.3, 0.4) is 0 Å². The van der Waals surface area contributed by atoms with E-state index in [4.69, 9.17) is 12.2 Å². The first-order valence-electron chi connectivity index (χ1n) is 4.33. The Bertz CT molecular complexity index is 257. The van der Waals surface area contributed by atoms with Gasteiger partial charge in [0.15, 0.2) is 0 Å². The summed E-state index contributed by atoms with van der Waals surface area (Å²) in [5, 5.41) is 4.83. The van der Waals surface area contributed by atoms with Gasteiger partial charge >= 0.3 is 6.03 Å². The lowest BCUT2D eigenvalue weighted by molar-refractivity contribution is -0.121. The number of rotatable bonds is 4. The number of hydrogen-bond acceptors (Lipinski definition) is 3. The van der Waals surface area contributed by atoms with Crippen LogP contribution in [0.25, 0.3) is 0 Å². The van der Waals surface area contributed by atoms with Crippen molar-refractivity contribution in [2.75, 3.05) is 0 Å². The summed E-state index contributed by atoms with van der Waals surface area (Å²) >= 11 is 0. The highest BCUT2D eigenvalue weighted by Gasteiger charge is 2.16. The van der Waals surface area contributed by atoms with E-state index in [1.807, 2.05) is 12.2 Å². The first kappa shape index (κ1) is 12.5. The highest BCUT2D eigenvalue weighted by Crippen LogP contribution is 1.91. The summed E-state index contributed by atoms with van der Waals surface area (Å²) in [4.78, 5) is 21.5. The van der Waals surface area contributed by atoms with Crippen LogP contribution < -0.4 is 16.4 Å². The molecular weight excluding hydrogens is 182 g/mol. The molecule has 0 fully saturated rings. The number of primary amides is 1. The maximum atomic E-state index is 11.2. The zero-order valence-electron chi connectivity index (χ0n) is 8.33. The summed E-state index contributed by atoms with van der Waals surface area (Å²) < 4.78 is 0. The van der Waals surface area contributed by atoms with Crippen molar-refractivity contribution in [3.63, 3.8) is 0 Å². The van der Waals surface area contributed by atoms with Gasteiger partial charge in [-0.1, -0.05) is 12.8 Å². The van der Waals surface area contributed by atoms with Gasteiger partial charge in [-0.05, 0) is 13.3 Å². The average Bonchev–Trinajstić information content (AvgIpc) is 2.12. The average molecular weight is 197 g/mol. The summed E-state index contributed by atoms with van der Waals surface area (Å²) in [5.41, 5.74) is 4.79. The van der Waals surface area contributed by atoms with Crippen LogP contribution in [-0.4, -0.2) is 24.0 Å². The third-order valence-corrected chi connectivity index (χ3v) is 1.70. The molecule has 0 rings (SSSR count). The van der Waals surface area contributed by atoms with Gasteiger partial charge in [-0.25, -0.2) is 4.79 Å². The summed E-state index contributed by atoms with van der Waals surface area (Å²) in [5.74, 6) is 2.00. The molecule has 78 valence electrons. The Morgan fingerprint density at radius 2 is 2.14 bits per heavy atom. The monoisotopic (exact) mass is 197 g/mol. The van der Waals surface area contributed by atoms with Gasteiger partial charge in [-0.15, -0.1) is 6.42 Å². The van der Waals surface area contributed by atoms with Crippen molar-refractivity contribution in [3.05, 3.63) is 0 Å². The number of urea groups is 1. The Labute approximate surface area is 83.4 Å². The topological polar surface area (TPSA) is 84.2 Å². The molecule has 3 amide bonds. The molecule has 14 heavy (non-hydrogen) atoms. The number of nitrogens with two attached hydrogens (primary N) is 1. The summed E-state index contributed by atoms with van der Waals surface area (Å²) in [6.07, 6.45) is 5.91. The second kappa shape index (κ2) is 6.00. The number of terminal acetylenes is 1. The Balaban J connectivity index is 4.07. The molecule has 0 radical (unpaired) electrons. The minimum Gasteiger partial charge on any atom is -0.351 e. The van der Waals surface area contributed by atoms with Gasteiger partial charge in [0, 0.05) is 0 Å². The van der Waals surface area contributed by atoms with E-state index in [1.165, 1.54) is 0 Å². The SMILES string of the molecule is C#CC(CC)NC(C)C(=O)NC(N)=O. The Kier molecular flexibility index (Phi) is 5.34. The number of imide groups is 1. The molecule has 0 heterocycles. The first-order chi connectivity index (χ1) is 6.51. The maximum absolute atomic E-state index is 11.2. The molecule has 0 aromatic carbocycles. The normalized spacial score (nSPS) is 13.8. The zero-order valence-corrected chi connectivity index (χ0v) is 8.33. The number of carbonyl (C=O) groups is 2. The van der Waals surface area contributed by atoms with E-state index < -0.39 is 18.0 Å². The van der Waals surface area contributed by atoms with Crippen LogP contribution >= 0.6 is 0 Å². The van der Waals surface area contributed by atoms with E-state index in [1.54, 1.807) is 6.92 Å². The predicted octanol–water partition coefficient (Wildman–Crippen LogP) is -0.429. The largest absolute Gasteiger partial charge is 0.351 e. The van der Waals surface area contributed by atoms with Gasteiger partial charge in [0.25, 0.3) is 0 Å². The lowest BCUT2D eigenvalue weighted by atomic mass is 10.2. The van der Waals surface area contributed by atoms with Crippen LogP contribution in [-0.2, 0) is 4.79 Å². The molecule has 2 unspecified atom stereocenters. The van der Waals surface area contributed by atoms with Crippen molar-refractivity contribution in [2.45, 2.75) is 32.4 Å². The van der Waals surface area contributed by atoms with Crippen molar-refractivity contribution in [1.82, 2.24) is 10.6 Å². The minimum atomic E-state index is -0.864. The fourth-order valence-corrected chi connectivity index (χ4v) is 0.891. The predicted molar refractivity (Wildman–Crippen MR) is 53.2 cm³/mol.